The number of likely N-dealkylation sites (tertiary alicyclic amines) is 1. The number of methoxy groups -OCH3 is 1. The Morgan fingerprint density at radius 1 is 1.07 bits per heavy atom. The highest BCUT2D eigenvalue weighted by Gasteiger charge is 2.42. The van der Waals surface area contributed by atoms with Gasteiger partial charge in [0.1, 0.15) is 6.04 Å². The number of anilines is 1. The van der Waals surface area contributed by atoms with Gasteiger partial charge in [-0.05, 0) is 80.2 Å². The first-order valence-electron chi connectivity index (χ1n) is 14.9. The summed E-state index contributed by atoms with van der Waals surface area (Å²) in [5.74, 6) is -3.61. The Labute approximate surface area is 260 Å². The van der Waals surface area contributed by atoms with Crippen LogP contribution in [0.25, 0.3) is 0 Å². The Morgan fingerprint density at radius 2 is 1.80 bits per heavy atom. The molecule has 2 aromatic carbocycles. The molecule has 242 valence electrons. The highest BCUT2D eigenvalue weighted by Crippen LogP contribution is 2.35. The smallest absolute Gasteiger partial charge is 0.335 e. The average molecular weight is 628 g/mol. The van der Waals surface area contributed by atoms with Crippen LogP contribution in [-0.4, -0.2) is 78.7 Å². The standard InChI is InChI=1S/C32H39F2N5O6/c1-19(2)29(40)36-23-7-4-6-21(16-23)20-10-14-38(15-11-20)13-5-12-35-31(43)39-28(22-8-9-24(33)25(34)17-22)27(30(41)42)26(18-45-3)37-32(39)44/h4,6-9,16-17,19-20,28H,5,10-15,18H2,1-3H3,(H,35,43)(H,36,40)(H,37,44)(H,41,42). The maximum atomic E-state index is 14.2. The molecule has 0 saturated carbocycles. The summed E-state index contributed by atoms with van der Waals surface area (Å²) >= 11 is 0. The zero-order valence-electron chi connectivity index (χ0n) is 25.6. The molecule has 0 spiro atoms. The predicted octanol–water partition coefficient (Wildman–Crippen LogP) is 4.59. The predicted molar refractivity (Wildman–Crippen MR) is 162 cm³/mol. The van der Waals surface area contributed by atoms with Gasteiger partial charge in [-0.1, -0.05) is 32.0 Å². The summed E-state index contributed by atoms with van der Waals surface area (Å²) in [7, 11) is 1.31. The highest BCUT2D eigenvalue weighted by atomic mass is 19.2. The summed E-state index contributed by atoms with van der Waals surface area (Å²) in [4.78, 5) is 53.6. The fourth-order valence-electron chi connectivity index (χ4n) is 5.61. The SMILES string of the molecule is COCC1=C(C(=O)O)C(c2ccc(F)c(F)c2)N(C(=O)NCCCN2CCC(c3cccc(NC(=O)C(C)C)c3)CC2)C(=O)N1. The molecule has 4 N–H and O–H groups in total. The molecule has 45 heavy (non-hydrogen) atoms. The minimum Gasteiger partial charge on any atom is -0.478 e. The van der Waals surface area contributed by atoms with Crippen molar-refractivity contribution in [3.63, 3.8) is 0 Å². The van der Waals surface area contributed by atoms with Gasteiger partial charge in [-0.2, -0.15) is 0 Å². The first-order valence-corrected chi connectivity index (χ1v) is 14.9. The number of benzene rings is 2. The van der Waals surface area contributed by atoms with Crippen molar-refractivity contribution < 1.29 is 37.8 Å². The lowest BCUT2D eigenvalue weighted by atomic mass is 9.89. The summed E-state index contributed by atoms with van der Waals surface area (Å²) in [6.07, 6.45) is 2.44. The number of ether oxygens (including phenoxy) is 1. The van der Waals surface area contributed by atoms with E-state index in [-0.39, 0.29) is 36.2 Å². The van der Waals surface area contributed by atoms with Gasteiger partial charge >= 0.3 is 18.0 Å². The lowest BCUT2D eigenvalue weighted by Crippen LogP contribution is -2.55. The fourth-order valence-corrected chi connectivity index (χ4v) is 5.61. The molecule has 2 aromatic rings. The zero-order valence-corrected chi connectivity index (χ0v) is 25.6. The minimum absolute atomic E-state index is 0.0236. The zero-order chi connectivity index (χ0) is 32.7. The molecule has 1 fully saturated rings. The topological polar surface area (TPSA) is 140 Å². The number of carboxylic acids is 1. The molecule has 0 aromatic heterocycles. The number of halogens is 2. The summed E-state index contributed by atoms with van der Waals surface area (Å²) in [5.41, 5.74) is 1.40. The van der Waals surface area contributed by atoms with E-state index in [9.17, 15) is 33.1 Å². The van der Waals surface area contributed by atoms with Crippen LogP contribution in [0.1, 0.15) is 56.2 Å². The first-order chi connectivity index (χ1) is 21.5. The van der Waals surface area contributed by atoms with Crippen LogP contribution in [0, 0.1) is 17.6 Å². The second kappa shape index (κ2) is 15.1. The molecule has 0 aliphatic carbocycles. The van der Waals surface area contributed by atoms with Crippen LogP contribution in [0.4, 0.5) is 24.1 Å². The van der Waals surface area contributed by atoms with E-state index in [0.717, 1.165) is 49.8 Å². The number of imide groups is 1. The molecule has 0 radical (unpaired) electrons. The second-order valence-electron chi connectivity index (χ2n) is 11.5. The van der Waals surface area contributed by atoms with Crippen molar-refractivity contribution in [3.8, 4) is 0 Å². The minimum atomic E-state index is -1.52. The van der Waals surface area contributed by atoms with Crippen molar-refractivity contribution in [2.24, 2.45) is 5.92 Å². The maximum Gasteiger partial charge on any atom is 0.335 e. The Bertz CT molecular complexity index is 1460. The van der Waals surface area contributed by atoms with Crippen LogP contribution in [0.3, 0.4) is 0 Å². The van der Waals surface area contributed by atoms with E-state index < -0.39 is 41.3 Å². The summed E-state index contributed by atoms with van der Waals surface area (Å²) in [5, 5.41) is 18.0. The first kappa shape index (κ1) is 33.5. The fraction of sp³-hybridized carbons (Fsp3) is 0.438. The molecule has 1 saturated heterocycles. The lowest BCUT2D eigenvalue weighted by Gasteiger charge is -2.36. The van der Waals surface area contributed by atoms with Crippen LogP contribution in [0.5, 0.6) is 0 Å². The second-order valence-corrected chi connectivity index (χ2v) is 11.5. The lowest BCUT2D eigenvalue weighted by molar-refractivity contribution is -0.133. The molecule has 1 unspecified atom stereocenters. The van der Waals surface area contributed by atoms with Crippen molar-refractivity contribution in [2.75, 3.05) is 45.2 Å². The van der Waals surface area contributed by atoms with Gasteiger partial charge in [0.15, 0.2) is 11.6 Å². The number of carboxylic acid groups (broad SMARTS) is 1. The van der Waals surface area contributed by atoms with Crippen molar-refractivity contribution in [1.29, 1.82) is 0 Å². The van der Waals surface area contributed by atoms with Gasteiger partial charge < -0.3 is 30.7 Å². The third kappa shape index (κ3) is 8.22. The highest BCUT2D eigenvalue weighted by molar-refractivity contribution is 6.01. The number of aliphatic carboxylic acids is 1. The summed E-state index contributed by atoms with van der Waals surface area (Å²) < 4.78 is 32.9. The van der Waals surface area contributed by atoms with Gasteiger partial charge in [0.25, 0.3) is 0 Å². The summed E-state index contributed by atoms with van der Waals surface area (Å²) in [6.45, 7) is 6.01. The van der Waals surface area contributed by atoms with Gasteiger partial charge in [0.05, 0.1) is 17.9 Å². The largest absolute Gasteiger partial charge is 0.478 e. The van der Waals surface area contributed by atoms with E-state index in [0.29, 0.717) is 23.8 Å². The number of nitrogens with one attached hydrogen (secondary N) is 3. The molecular weight excluding hydrogens is 588 g/mol. The quantitative estimate of drug-likeness (QED) is 0.267. The number of hydrogen-bond acceptors (Lipinski definition) is 6. The number of carbonyl (C=O) groups excluding carboxylic acids is 3. The Morgan fingerprint density at radius 3 is 2.44 bits per heavy atom. The van der Waals surface area contributed by atoms with E-state index in [1.165, 1.54) is 12.7 Å². The maximum absolute atomic E-state index is 14.2. The van der Waals surface area contributed by atoms with E-state index in [1.54, 1.807) is 0 Å². The average Bonchev–Trinajstić information content (AvgIpc) is 3.00. The van der Waals surface area contributed by atoms with Crippen LogP contribution in [0.15, 0.2) is 53.7 Å². The van der Waals surface area contributed by atoms with Crippen molar-refractivity contribution >= 4 is 29.6 Å². The summed E-state index contributed by atoms with van der Waals surface area (Å²) in [6, 6.07) is 7.35. The number of hydrogen-bond donors (Lipinski definition) is 4. The molecule has 5 amide bonds. The van der Waals surface area contributed by atoms with Gasteiger partial charge in [-0.25, -0.2) is 28.1 Å². The Kier molecular flexibility index (Phi) is 11.2. The van der Waals surface area contributed by atoms with Gasteiger partial charge in [0, 0.05) is 25.3 Å². The molecular formula is C32H39F2N5O6. The molecule has 2 aliphatic rings. The molecule has 2 heterocycles. The molecule has 13 heteroatoms. The number of nitrogens with zero attached hydrogens (tertiary/aromatic N) is 2. The molecule has 1 atom stereocenters. The van der Waals surface area contributed by atoms with Crippen molar-refractivity contribution in [2.45, 2.75) is 45.1 Å². The van der Waals surface area contributed by atoms with E-state index >= 15 is 0 Å². The monoisotopic (exact) mass is 627 g/mol. The number of piperidine rings is 1. The van der Waals surface area contributed by atoms with Crippen LogP contribution >= 0.6 is 0 Å². The van der Waals surface area contributed by atoms with Crippen molar-refractivity contribution in [3.05, 3.63) is 76.5 Å². The van der Waals surface area contributed by atoms with Gasteiger partial charge in [-0.15, -0.1) is 0 Å². The van der Waals surface area contributed by atoms with Gasteiger partial charge in [0.2, 0.25) is 5.91 Å². The number of amides is 5. The number of urea groups is 2. The van der Waals surface area contributed by atoms with Crippen LogP contribution in [-0.2, 0) is 14.3 Å². The third-order valence-corrected chi connectivity index (χ3v) is 8.00. The van der Waals surface area contributed by atoms with Crippen molar-refractivity contribution in [1.82, 2.24) is 20.4 Å². The normalized spacial score (nSPS) is 17.8. The Balaban J connectivity index is 1.34. The van der Waals surface area contributed by atoms with Crippen LogP contribution in [0.2, 0.25) is 0 Å². The van der Waals surface area contributed by atoms with E-state index in [4.69, 9.17) is 4.74 Å². The molecule has 4 rings (SSSR count). The van der Waals surface area contributed by atoms with Gasteiger partial charge in [-0.3, -0.25) is 4.79 Å². The molecule has 2 aliphatic heterocycles. The molecule has 11 nitrogen and oxygen atoms in total. The number of rotatable bonds is 11. The number of carbonyl (C=O) groups is 4. The Hall–Kier alpha value is -4.36. The molecule has 0 bridgehead atoms. The van der Waals surface area contributed by atoms with E-state index in [1.807, 2.05) is 32.0 Å². The third-order valence-electron chi connectivity index (χ3n) is 8.00. The van der Waals surface area contributed by atoms with Crippen LogP contribution < -0.4 is 16.0 Å². The van der Waals surface area contributed by atoms with E-state index in [2.05, 4.69) is 26.9 Å².